The number of hydrogen-bond donors (Lipinski definition) is 0. The van der Waals surface area contributed by atoms with Crippen molar-refractivity contribution in [1.29, 1.82) is 0 Å². The Hall–Kier alpha value is -3.50. The molecular formula is C22H22F3N3O5. The van der Waals surface area contributed by atoms with Crippen molar-refractivity contribution in [3.63, 3.8) is 0 Å². The molecule has 2 aliphatic heterocycles. The fourth-order valence-corrected chi connectivity index (χ4v) is 4.05. The first-order chi connectivity index (χ1) is 15.7. The van der Waals surface area contributed by atoms with Gasteiger partial charge in [0, 0.05) is 45.7 Å². The number of carbonyl (C=O) groups is 3. The first kappa shape index (κ1) is 22.7. The van der Waals surface area contributed by atoms with Crippen LogP contribution in [0.5, 0.6) is 5.75 Å². The highest BCUT2D eigenvalue weighted by Crippen LogP contribution is 2.26. The van der Waals surface area contributed by atoms with Gasteiger partial charge in [-0.3, -0.25) is 14.4 Å². The van der Waals surface area contributed by atoms with Gasteiger partial charge in [-0.1, -0.05) is 12.1 Å². The maximum atomic E-state index is 12.9. The van der Waals surface area contributed by atoms with Gasteiger partial charge in [-0.25, -0.2) is 0 Å². The second-order valence-corrected chi connectivity index (χ2v) is 7.96. The Labute approximate surface area is 187 Å². The third-order valence-electron chi connectivity index (χ3n) is 5.70. The van der Waals surface area contributed by atoms with Crippen LogP contribution in [0.2, 0.25) is 0 Å². The zero-order valence-corrected chi connectivity index (χ0v) is 17.6. The molecule has 0 bridgehead atoms. The predicted molar refractivity (Wildman–Crippen MR) is 108 cm³/mol. The molecule has 1 unspecified atom stereocenters. The van der Waals surface area contributed by atoms with E-state index in [0.717, 1.165) is 0 Å². The standard InChI is InChI=1S/C22H22F3N3O5/c23-22(24,25)33-17-5-3-15(4-6-17)13-28-14-16(12-19(28)29)20(30)26-7-9-27(10-8-26)21(31)18-2-1-11-32-18/h1-6,11,16H,7-10,12-14H2. The van der Waals surface area contributed by atoms with Crippen molar-refractivity contribution in [2.24, 2.45) is 5.92 Å². The maximum absolute atomic E-state index is 12.9. The number of rotatable bonds is 5. The molecule has 0 aliphatic carbocycles. The van der Waals surface area contributed by atoms with Crippen molar-refractivity contribution in [3.05, 3.63) is 54.0 Å². The number of hydrogen-bond acceptors (Lipinski definition) is 5. The quantitative estimate of drug-likeness (QED) is 0.678. The molecule has 4 rings (SSSR count). The van der Waals surface area contributed by atoms with E-state index in [0.29, 0.717) is 31.7 Å². The van der Waals surface area contributed by atoms with Crippen molar-refractivity contribution < 1.29 is 36.7 Å². The normalized spacial score (nSPS) is 19.2. The Balaban J connectivity index is 1.28. The van der Waals surface area contributed by atoms with Crippen molar-refractivity contribution in [1.82, 2.24) is 14.7 Å². The van der Waals surface area contributed by atoms with E-state index in [4.69, 9.17) is 4.42 Å². The number of piperazine rings is 1. The van der Waals surface area contributed by atoms with Crippen LogP contribution in [-0.2, 0) is 16.1 Å². The lowest BCUT2D eigenvalue weighted by Crippen LogP contribution is -2.52. The van der Waals surface area contributed by atoms with Crippen molar-refractivity contribution in [2.45, 2.75) is 19.3 Å². The van der Waals surface area contributed by atoms with Crippen molar-refractivity contribution in [2.75, 3.05) is 32.7 Å². The van der Waals surface area contributed by atoms with Crippen LogP contribution in [0.25, 0.3) is 0 Å². The highest BCUT2D eigenvalue weighted by Gasteiger charge is 2.38. The minimum Gasteiger partial charge on any atom is -0.459 e. The number of benzene rings is 1. The van der Waals surface area contributed by atoms with Gasteiger partial charge < -0.3 is 23.9 Å². The van der Waals surface area contributed by atoms with Crippen LogP contribution in [0.3, 0.4) is 0 Å². The van der Waals surface area contributed by atoms with E-state index < -0.39 is 12.3 Å². The Bertz CT molecular complexity index is 999. The first-order valence-corrected chi connectivity index (χ1v) is 10.4. The van der Waals surface area contributed by atoms with Crippen LogP contribution in [0.1, 0.15) is 22.5 Å². The number of alkyl halides is 3. The number of furan rings is 1. The molecule has 3 amide bonds. The molecule has 176 valence electrons. The maximum Gasteiger partial charge on any atom is 0.573 e. The van der Waals surface area contributed by atoms with E-state index in [1.165, 1.54) is 35.4 Å². The lowest BCUT2D eigenvalue weighted by molar-refractivity contribution is -0.274. The van der Waals surface area contributed by atoms with Crippen LogP contribution in [-0.4, -0.2) is 71.5 Å². The third-order valence-corrected chi connectivity index (χ3v) is 5.70. The average Bonchev–Trinajstić information content (AvgIpc) is 3.44. The van der Waals surface area contributed by atoms with E-state index in [1.54, 1.807) is 21.9 Å². The van der Waals surface area contributed by atoms with Crippen LogP contribution in [0.15, 0.2) is 47.1 Å². The summed E-state index contributed by atoms with van der Waals surface area (Å²) in [5.74, 6) is -1.11. The molecular weight excluding hydrogens is 443 g/mol. The summed E-state index contributed by atoms with van der Waals surface area (Å²) in [4.78, 5) is 42.5. The average molecular weight is 465 g/mol. The summed E-state index contributed by atoms with van der Waals surface area (Å²) in [6.45, 7) is 1.93. The summed E-state index contributed by atoms with van der Waals surface area (Å²) in [6, 6.07) is 8.53. The molecule has 0 radical (unpaired) electrons. The Morgan fingerprint density at radius 1 is 1.03 bits per heavy atom. The van der Waals surface area contributed by atoms with Gasteiger partial charge in [-0.05, 0) is 29.8 Å². The molecule has 8 nitrogen and oxygen atoms in total. The molecule has 2 aromatic rings. The van der Waals surface area contributed by atoms with Gasteiger partial charge in [-0.2, -0.15) is 0 Å². The summed E-state index contributed by atoms with van der Waals surface area (Å²) in [5.41, 5.74) is 0.635. The van der Waals surface area contributed by atoms with Gasteiger partial charge in [0.25, 0.3) is 5.91 Å². The molecule has 33 heavy (non-hydrogen) atoms. The fraction of sp³-hybridized carbons (Fsp3) is 0.409. The molecule has 3 heterocycles. The lowest BCUT2D eigenvalue weighted by atomic mass is 10.1. The van der Waals surface area contributed by atoms with E-state index in [-0.39, 0.29) is 48.7 Å². The zero-order chi connectivity index (χ0) is 23.6. The second-order valence-electron chi connectivity index (χ2n) is 7.96. The molecule has 2 fully saturated rings. The molecule has 2 saturated heterocycles. The second kappa shape index (κ2) is 9.16. The highest BCUT2D eigenvalue weighted by atomic mass is 19.4. The summed E-state index contributed by atoms with van der Waals surface area (Å²) in [5, 5.41) is 0. The monoisotopic (exact) mass is 465 g/mol. The number of carbonyl (C=O) groups excluding carboxylic acids is 3. The summed E-state index contributed by atoms with van der Waals surface area (Å²) < 4.78 is 45.8. The Kier molecular flexibility index (Phi) is 6.30. The van der Waals surface area contributed by atoms with Crippen LogP contribution in [0, 0.1) is 5.92 Å². The van der Waals surface area contributed by atoms with E-state index in [9.17, 15) is 27.6 Å². The number of amides is 3. The summed E-state index contributed by atoms with van der Waals surface area (Å²) in [7, 11) is 0. The molecule has 1 aromatic carbocycles. The molecule has 0 N–H and O–H groups in total. The molecule has 1 atom stereocenters. The van der Waals surface area contributed by atoms with E-state index >= 15 is 0 Å². The largest absolute Gasteiger partial charge is 0.573 e. The SMILES string of the molecule is O=C1CC(C(=O)N2CCN(C(=O)c3ccco3)CC2)CN1Cc1ccc(OC(F)(F)F)cc1. The number of halogens is 3. The fourth-order valence-electron chi connectivity index (χ4n) is 4.05. The Morgan fingerprint density at radius 3 is 2.30 bits per heavy atom. The van der Waals surface area contributed by atoms with Crippen LogP contribution >= 0.6 is 0 Å². The number of likely N-dealkylation sites (tertiary alicyclic amines) is 1. The van der Waals surface area contributed by atoms with Crippen molar-refractivity contribution in [3.8, 4) is 5.75 Å². The Morgan fingerprint density at radius 2 is 1.70 bits per heavy atom. The molecule has 2 aliphatic rings. The zero-order valence-electron chi connectivity index (χ0n) is 17.6. The van der Waals surface area contributed by atoms with Crippen LogP contribution < -0.4 is 4.74 Å². The minimum atomic E-state index is -4.77. The molecule has 0 spiro atoms. The molecule has 11 heteroatoms. The van der Waals surface area contributed by atoms with Gasteiger partial charge in [-0.15, -0.1) is 13.2 Å². The number of nitrogens with zero attached hydrogens (tertiary/aromatic N) is 3. The van der Waals surface area contributed by atoms with E-state index in [2.05, 4.69) is 4.74 Å². The third kappa shape index (κ3) is 5.47. The summed E-state index contributed by atoms with van der Waals surface area (Å²) in [6.07, 6.45) is -3.25. The van der Waals surface area contributed by atoms with Crippen LogP contribution in [0.4, 0.5) is 13.2 Å². The topological polar surface area (TPSA) is 83.3 Å². The summed E-state index contributed by atoms with van der Waals surface area (Å²) >= 11 is 0. The smallest absolute Gasteiger partial charge is 0.459 e. The predicted octanol–water partition coefficient (Wildman–Crippen LogP) is 2.51. The first-order valence-electron chi connectivity index (χ1n) is 10.4. The number of ether oxygens (including phenoxy) is 1. The van der Waals surface area contributed by atoms with Gasteiger partial charge >= 0.3 is 6.36 Å². The molecule has 1 aromatic heterocycles. The van der Waals surface area contributed by atoms with Gasteiger partial charge in [0.05, 0.1) is 12.2 Å². The highest BCUT2D eigenvalue weighted by molar-refractivity contribution is 5.92. The lowest BCUT2D eigenvalue weighted by Gasteiger charge is -2.35. The molecule has 0 saturated carbocycles. The van der Waals surface area contributed by atoms with Crippen molar-refractivity contribution >= 4 is 17.7 Å². The van der Waals surface area contributed by atoms with Gasteiger partial charge in [0.15, 0.2) is 5.76 Å². The van der Waals surface area contributed by atoms with Gasteiger partial charge in [0.1, 0.15) is 5.75 Å². The van der Waals surface area contributed by atoms with E-state index in [1.807, 2.05) is 0 Å². The van der Waals surface area contributed by atoms with Gasteiger partial charge in [0.2, 0.25) is 11.8 Å². The minimum absolute atomic E-state index is 0.0830.